The fourth-order valence-electron chi connectivity index (χ4n) is 3.10. The summed E-state index contributed by atoms with van der Waals surface area (Å²) in [6.07, 6.45) is -3.41. The Labute approximate surface area is 157 Å². The van der Waals surface area contributed by atoms with Gasteiger partial charge in [0.05, 0.1) is 5.56 Å². The Hall–Kier alpha value is -2.42. The van der Waals surface area contributed by atoms with E-state index in [1.54, 1.807) is 0 Å². The number of hydrogen-bond donors (Lipinski definition) is 1. The maximum atomic E-state index is 12.9. The van der Waals surface area contributed by atoms with E-state index < -0.39 is 29.7 Å². The standard InChI is InChI=1S/C18H17F3N2O3S/c1-10-5-6-23(14(7-10)17(25)26)16(24)13-9-27-15(22-13)11-3-2-4-12(8-11)18(19,20)21/h2-4,8-10,14H,5-7H2,1H3,(H,25,26). The molecule has 0 aliphatic carbocycles. The summed E-state index contributed by atoms with van der Waals surface area (Å²) in [4.78, 5) is 29.6. The lowest BCUT2D eigenvalue weighted by atomic mass is 9.92. The van der Waals surface area contributed by atoms with Crippen molar-refractivity contribution in [1.82, 2.24) is 9.88 Å². The zero-order chi connectivity index (χ0) is 19.8. The zero-order valence-electron chi connectivity index (χ0n) is 14.4. The lowest BCUT2D eigenvalue weighted by Crippen LogP contribution is -2.49. The number of amides is 1. The summed E-state index contributed by atoms with van der Waals surface area (Å²) in [5.74, 6) is -1.38. The molecule has 0 radical (unpaired) electrons. The van der Waals surface area contributed by atoms with Crippen molar-refractivity contribution in [1.29, 1.82) is 0 Å². The van der Waals surface area contributed by atoms with Crippen LogP contribution in [0.3, 0.4) is 0 Å². The van der Waals surface area contributed by atoms with Crippen LogP contribution >= 0.6 is 11.3 Å². The third kappa shape index (κ3) is 4.13. The zero-order valence-corrected chi connectivity index (χ0v) is 15.2. The Balaban J connectivity index is 1.85. The van der Waals surface area contributed by atoms with Crippen molar-refractivity contribution in [2.75, 3.05) is 6.54 Å². The molecule has 0 spiro atoms. The predicted molar refractivity (Wildman–Crippen MR) is 93.4 cm³/mol. The number of carbonyl (C=O) groups excluding carboxylic acids is 1. The van der Waals surface area contributed by atoms with E-state index in [2.05, 4.69) is 4.98 Å². The molecule has 144 valence electrons. The molecule has 1 aromatic carbocycles. The Bertz CT molecular complexity index is 866. The Morgan fingerprint density at radius 2 is 2.07 bits per heavy atom. The van der Waals surface area contributed by atoms with E-state index in [0.717, 1.165) is 23.5 Å². The quantitative estimate of drug-likeness (QED) is 0.843. The summed E-state index contributed by atoms with van der Waals surface area (Å²) in [7, 11) is 0. The molecule has 2 unspecified atom stereocenters. The molecule has 2 heterocycles. The number of likely N-dealkylation sites (tertiary alicyclic amines) is 1. The number of aromatic nitrogens is 1. The number of carboxylic acid groups (broad SMARTS) is 1. The maximum Gasteiger partial charge on any atom is 0.416 e. The third-order valence-corrected chi connectivity index (χ3v) is 5.46. The number of alkyl halides is 3. The van der Waals surface area contributed by atoms with Crippen LogP contribution in [0.15, 0.2) is 29.6 Å². The van der Waals surface area contributed by atoms with E-state index in [1.165, 1.54) is 22.4 Å². The number of thiazole rings is 1. The number of carboxylic acids is 1. The molecule has 27 heavy (non-hydrogen) atoms. The van der Waals surface area contributed by atoms with Crippen LogP contribution in [0, 0.1) is 5.92 Å². The van der Waals surface area contributed by atoms with Crippen LogP contribution < -0.4 is 0 Å². The molecule has 1 saturated heterocycles. The van der Waals surface area contributed by atoms with Crippen LogP contribution in [0.5, 0.6) is 0 Å². The summed E-state index contributed by atoms with van der Waals surface area (Å²) in [6.45, 7) is 2.25. The second-order valence-corrected chi connectivity index (χ2v) is 7.46. The van der Waals surface area contributed by atoms with Gasteiger partial charge < -0.3 is 10.0 Å². The molecule has 1 N–H and O–H groups in total. The van der Waals surface area contributed by atoms with Gasteiger partial charge in [0.2, 0.25) is 0 Å². The Kier molecular flexibility index (Phi) is 5.23. The van der Waals surface area contributed by atoms with Crippen molar-refractivity contribution in [3.63, 3.8) is 0 Å². The molecule has 0 bridgehead atoms. The van der Waals surface area contributed by atoms with Gasteiger partial charge in [0, 0.05) is 17.5 Å². The molecule has 5 nitrogen and oxygen atoms in total. The first-order valence-electron chi connectivity index (χ1n) is 8.33. The van der Waals surface area contributed by atoms with Crippen LogP contribution in [0.25, 0.3) is 10.6 Å². The molecule has 0 saturated carbocycles. The first kappa shape index (κ1) is 19.3. The molecule has 1 aliphatic rings. The minimum atomic E-state index is -4.47. The Morgan fingerprint density at radius 3 is 2.74 bits per heavy atom. The summed E-state index contributed by atoms with van der Waals surface area (Å²) < 4.78 is 38.6. The van der Waals surface area contributed by atoms with Crippen molar-refractivity contribution >= 4 is 23.2 Å². The highest BCUT2D eigenvalue weighted by Crippen LogP contribution is 2.33. The molecule has 1 amide bonds. The van der Waals surface area contributed by atoms with Gasteiger partial charge >= 0.3 is 12.1 Å². The summed E-state index contributed by atoms with van der Waals surface area (Å²) in [6, 6.07) is 3.81. The fourth-order valence-corrected chi connectivity index (χ4v) is 3.89. The predicted octanol–water partition coefficient (Wildman–Crippen LogP) is 4.15. The molecule has 2 atom stereocenters. The smallest absolute Gasteiger partial charge is 0.416 e. The number of hydrogen-bond acceptors (Lipinski definition) is 4. The minimum absolute atomic E-state index is 0.0493. The molecule has 1 aliphatic heterocycles. The summed E-state index contributed by atoms with van der Waals surface area (Å²) in [5, 5.41) is 11.1. The number of benzene rings is 1. The molecule has 3 rings (SSSR count). The first-order chi connectivity index (χ1) is 12.7. The number of carbonyl (C=O) groups is 2. The molecule has 1 fully saturated rings. The lowest BCUT2D eigenvalue weighted by molar-refractivity contribution is -0.144. The van der Waals surface area contributed by atoms with Gasteiger partial charge in [0.25, 0.3) is 5.91 Å². The van der Waals surface area contributed by atoms with Gasteiger partial charge in [-0.2, -0.15) is 13.2 Å². The van der Waals surface area contributed by atoms with Crippen LogP contribution in [0.1, 0.15) is 35.8 Å². The number of piperidine rings is 1. The monoisotopic (exact) mass is 398 g/mol. The highest BCUT2D eigenvalue weighted by Gasteiger charge is 2.36. The average Bonchev–Trinajstić information content (AvgIpc) is 3.10. The van der Waals surface area contributed by atoms with Crippen molar-refractivity contribution in [3.05, 3.63) is 40.9 Å². The van der Waals surface area contributed by atoms with E-state index in [0.29, 0.717) is 19.4 Å². The van der Waals surface area contributed by atoms with Gasteiger partial charge in [-0.05, 0) is 30.9 Å². The van der Waals surface area contributed by atoms with E-state index >= 15 is 0 Å². The van der Waals surface area contributed by atoms with Crippen LogP contribution in [0.4, 0.5) is 13.2 Å². The van der Waals surface area contributed by atoms with Gasteiger partial charge in [-0.3, -0.25) is 4.79 Å². The van der Waals surface area contributed by atoms with Crippen molar-refractivity contribution in [2.24, 2.45) is 5.92 Å². The van der Waals surface area contributed by atoms with Crippen molar-refractivity contribution < 1.29 is 27.9 Å². The van der Waals surface area contributed by atoms with Gasteiger partial charge in [-0.1, -0.05) is 19.1 Å². The van der Waals surface area contributed by atoms with Crippen molar-refractivity contribution in [3.8, 4) is 10.6 Å². The molecule has 1 aromatic heterocycles. The molecular weight excluding hydrogens is 381 g/mol. The summed E-state index contributed by atoms with van der Waals surface area (Å²) in [5.41, 5.74) is -0.483. The highest BCUT2D eigenvalue weighted by molar-refractivity contribution is 7.13. The Morgan fingerprint density at radius 1 is 1.33 bits per heavy atom. The van der Waals surface area contributed by atoms with E-state index in [4.69, 9.17) is 0 Å². The second kappa shape index (κ2) is 7.30. The number of halogens is 3. The average molecular weight is 398 g/mol. The van der Waals surface area contributed by atoms with Gasteiger partial charge in [0.1, 0.15) is 16.7 Å². The SMILES string of the molecule is CC1CCN(C(=O)c2csc(-c3cccc(C(F)(F)F)c3)n2)C(C(=O)O)C1. The first-order valence-corrected chi connectivity index (χ1v) is 9.21. The largest absolute Gasteiger partial charge is 0.480 e. The second-order valence-electron chi connectivity index (χ2n) is 6.60. The lowest BCUT2D eigenvalue weighted by Gasteiger charge is -2.35. The van der Waals surface area contributed by atoms with E-state index in [9.17, 15) is 27.9 Å². The summed E-state index contributed by atoms with van der Waals surface area (Å²) >= 11 is 1.05. The number of aliphatic carboxylic acids is 1. The topological polar surface area (TPSA) is 70.5 Å². The van der Waals surface area contributed by atoms with Crippen LogP contribution in [-0.4, -0.2) is 39.5 Å². The van der Waals surface area contributed by atoms with Gasteiger partial charge in [-0.15, -0.1) is 11.3 Å². The molecule has 9 heteroatoms. The van der Waals surface area contributed by atoms with Crippen LogP contribution in [0.2, 0.25) is 0 Å². The number of nitrogens with zero attached hydrogens (tertiary/aromatic N) is 2. The molecular formula is C18H17F3N2O3S. The van der Waals surface area contributed by atoms with E-state index in [1.807, 2.05) is 6.92 Å². The highest BCUT2D eigenvalue weighted by atomic mass is 32.1. The van der Waals surface area contributed by atoms with Gasteiger partial charge in [0.15, 0.2) is 0 Å². The fraction of sp³-hybridized carbons (Fsp3) is 0.389. The third-order valence-electron chi connectivity index (χ3n) is 4.57. The van der Waals surface area contributed by atoms with Crippen molar-refractivity contribution in [2.45, 2.75) is 32.0 Å². The van der Waals surface area contributed by atoms with Gasteiger partial charge in [-0.25, -0.2) is 9.78 Å². The van der Waals surface area contributed by atoms with E-state index in [-0.39, 0.29) is 22.2 Å². The maximum absolute atomic E-state index is 12.9. The molecule has 2 aromatic rings. The minimum Gasteiger partial charge on any atom is -0.480 e. The number of rotatable bonds is 3. The van der Waals surface area contributed by atoms with Crippen LogP contribution in [-0.2, 0) is 11.0 Å². The normalized spacial score (nSPS) is 20.5.